The van der Waals surface area contributed by atoms with Gasteiger partial charge in [-0.15, -0.1) is 0 Å². The van der Waals surface area contributed by atoms with Crippen molar-refractivity contribution in [3.63, 3.8) is 0 Å². The van der Waals surface area contributed by atoms with Gasteiger partial charge in [0, 0.05) is 19.0 Å². The molecular weight excluding hydrogens is 148 g/mol. The van der Waals surface area contributed by atoms with Crippen LogP contribution in [0.15, 0.2) is 4.99 Å². The molecular formula is C10H18N2. The average molecular weight is 166 g/mol. The molecule has 0 aromatic rings. The summed E-state index contributed by atoms with van der Waals surface area (Å²) < 4.78 is 0. The van der Waals surface area contributed by atoms with Crippen molar-refractivity contribution < 1.29 is 0 Å². The van der Waals surface area contributed by atoms with Crippen LogP contribution in [-0.4, -0.2) is 18.4 Å². The molecule has 1 fully saturated rings. The molecule has 0 spiro atoms. The molecule has 0 aromatic carbocycles. The van der Waals surface area contributed by atoms with Crippen LogP contribution in [0.4, 0.5) is 0 Å². The van der Waals surface area contributed by atoms with Crippen molar-refractivity contribution in [3.05, 3.63) is 0 Å². The molecule has 2 heteroatoms. The summed E-state index contributed by atoms with van der Waals surface area (Å²) in [5.41, 5.74) is 0. The Labute approximate surface area is 74.5 Å². The Morgan fingerprint density at radius 2 is 2.17 bits per heavy atom. The van der Waals surface area contributed by atoms with Gasteiger partial charge in [-0.25, -0.2) is 0 Å². The molecule has 1 atom stereocenters. The van der Waals surface area contributed by atoms with Gasteiger partial charge in [-0.1, -0.05) is 6.92 Å². The van der Waals surface area contributed by atoms with Crippen molar-refractivity contribution in [1.29, 1.82) is 0 Å². The van der Waals surface area contributed by atoms with E-state index in [0.717, 1.165) is 18.5 Å². The maximum atomic E-state index is 4.51. The highest BCUT2D eigenvalue weighted by atomic mass is 15.0. The summed E-state index contributed by atoms with van der Waals surface area (Å²) in [5.74, 6) is 2.11. The van der Waals surface area contributed by atoms with E-state index < -0.39 is 0 Å². The molecule has 1 N–H and O–H groups in total. The lowest BCUT2D eigenvalue weighted by Gasteiger charge is -2.30. The third kappa shape index (κ3) is 1.79. The van der Waals surface area contributed by atoms with Crippen LogP contribution in [0.1, 0.15) is 39.0 Å². The Morgan fingerprint density at radius 1 is 1.33 bits per heavy atom. The summed E-state index contributed by atoms with van der Waals surface area (Å²) in [6.07, 6.45) is 6.56. The minimum Gasteiger partial charge on any atom is -0.371 e. The van der Waals surface area contributed by atoms with E-state index in [-0.39, 0.29) is 0 Å². The molecule has 0 radical (unpaired) electrons. The Morgan fingerprint density at radius 3 is 2.75 bits per heavy atom. The quantitative estimate of drug-likeness (QED) is 0.632. The molecule has 0 aromatic heterocycles. The monoisotopic (exact) mass is 166 g/mol. The van der Waals surface area contributed by atoms with Crippen LogP contribution in [0.5, 0.6) is 0 Å². The molecule has 1 saturated carbocycles. The van der Waals surface area contributed by atoms with Crippen LogP contribution in [0.2, 0.25) is 0 Å². The van der Waals surface area contributed by atoms with Crippen LogP contribution >= 0.6 is 0 Å². The second-order valence-corrected chi connectivity index (χ2v) is 4.20. The predicted octanol–water partition coefficient (Wildman–Crippen LogP) is 1.96. The van der Waals surface area contributed by atoms with Gasteiger partial charge in [-0.05, 0) is 31.6 Å². The van der Waals surface area contributed by atoms with E-state index in [2.05, 4.69) is 17.2 Å². The zero-order chi connectivity index (χ0) is 8.39. The number of amidine groups is 1. The summed E-state index contributed by atoms with van der Waals surface area (Å²) in [5, 5.41) is 3.54. The second kappa shape index (κ2) is 3.46. The summed E-state index contributed by atoms with van der Waals surface area (Å²) >= 11 is 0. The van der Waals surface area contributed by atoms with Gasteiger partial charge in [0.05, 0.1) is 5.84 Å². The van der Waals surface area contributed by atoms with E-state index in [0.29, 0.717) is 0 Å². The van der Waals surface area contributed by atoms with Crippen molar-refractivity contribution in [2.75, 3.05) is 6.54 Å². The van der Waals surface area contributed by atoms with Crippen LogP contribution in [-0.2, 0) is 0 Å². The fraction of sp³-hybridized carbons (Fsp3) is 0.900. The summed E-state index contributed by atoms with van der Waals surface area (Å²) in [7, 11) is 0. The molecule has 2 rings (SSSR count). The zero-order valence-corrected chi connectivity index (χ0v) is 7.84. The SMILES string of the molecule is CC1CCN=C(NC2CCC2)C1. The molecule has 12 heavy (non-hydrogen) atoms. The van der Waals surface area contributed by atoms with Gasteiger partial charge in [0.1, 0.15) is 0 Å². The number of aliphatic imine (C=N–C) groups is 1. The highest BCUT2D eigenvalue weighted by molar-refractivity contribution is 5.83. The maximum absolute atomic E-state index is 4.51. The maximum Gasteiger partial charge on any atom is 0.0967 e. The predicted molar refractivity (Wildman–Crippen MR) is 51.5 cm³/mol. The zero-order valence-electron chi connectivity index (χ0n) is 7.84. The lowest BCUT2D eigenvalue weighted by molar-refractivity contribution is 0.375. The minimum absolute atomic E-state index is 0.758. The lowest BCUT2D eigenvalue weighted by Crippen LogP contribution is -2.41. The second-order valence-electron chi connectivity index (χ2n) is 4.20. The smallest absolute Gasteiger partial charge is 0.0967 e. The van der Waals surface area contributed by atoms with Crippen LogP contribution in [0.25, 0.3) is 0 Å². The van der Waals surface area contributed by atoms with Gasteiger partial charge in [0.25, 0.3) is 0 Å². The third-order valence-corrected chi connectivity index (χ3v) is 2.94. The lowest BCUT2D eigenvalue weighted by atomic mass is 9.92. The number of hydrogen-bond donors (Lipinski definition) is 1. The highest BCUT2D eigenvalue weighted by Crippen LogP contribution is 2.20. The van der Waals surface area contributed by atoms with Crippen LogP contribution in [0, 0.1) is 5.92 Å². The molecule has 1 unspecified atom stereocenters. The van der Waals surface area contributed by atoms with Gasteiger partial charge in [0.2, 0.25) is 0 Å². The Bertz CT molecular complexity index is 182. The average Bonchev–Trinajstić information content (AvgIpc) is 1.97. The fourth-order valence-corrected chi connectivity index (χ4v) is 1.81. The first-order valence-corrected chi connectivity index (χ1v) is 5.14. The standard InChI is InChI=1S/C10H18N2/c1-8-5-6-11-10(7-8)12-9-3-2-4-9/h8-9H,2-7H2,1H3,(H,11,12). The van der Waals surface area contributed by atoms with Crippen molar-refractivity contribution in [3.8, 4) is 0 Å². The number of rotatable bonds is 1. The summed E-state index contributed by atoms with van der Waals surface area (Å²) in [6.45, 7) is 3.35. The Balaban J connectivity index is 1.81. The fourth-order valence-electron chi connectivity index (χ4n) is 1.81. The molecule has 0 amide bonds. The normalized spacial score (nSPS) is 30.8. The van der Waals surface area contributed by atoms with Gasteiger partial charge < -0.3 is 5.32 Å². The van der Waals surface area contributed by atoms with E-state index in [4.69, 9.17) is 0 Å². The molecule has 68 valence electrons. The van der Waals surface area contributed by atoms with E-state index in [9.17, 15) is 0 Å². The van der Waals surface area contributed by atoms with Crippen molar-refractivity contribution >= 4 is 5.84 Å². The van der Waals surface area contributed by atoms with Crippen molar-refractivity contribution in [2.45, 2.75) is 45.1 Å². The van der Waals surface area contributed by atoms with E-state index in [1.165, 1.54) is 37.9 Å². The molecule has 0 saturated heterocycles. The Kier molecular flexibility index (Phi) is 2.33. The first kappa shape index (κ1) is 8.09. The first-order chi connectivity index (χ1) is 5.84. The van der Waals surface area contributed by atoms with E-state index >= 15 is 0 Å². The first-order valence-electron chi connectivity index (χ1n) is 5.14. The van der Waals surface area contributed by atoms with Gasteiger partial charge in [0.15, 0.2) is 0 Å². The molecule has 1 aliphatic carbocycles. The highest BCUT2D eigenvalue weighted by Gasteiger charge is 2.20. The Hall–Kier alpha value is -0.530. The summed E-state index contributed by atoms with van der Waals surface area (Å²) in [6, 6.07) is 0.758. The van der Waals surface area contributed by atoms with Crippen molar-refractivity contribution in [1.82, 2.24) is 5.32 Å². The van der Waals surface area contributed by atoms with Gasteiger partial charge in [-0.2, -0.15) is 0 Å². The van der Waals surface area contributed by atoms with Crippen LogP contribution in [0.3, 0.4) is 0 Å². The molecule has 2 aliphatic rings. The number of nitrogens with zero attached hydrogens (tertiary/aromatic N) is 1. The molecule has 1 heterocycles. The van der Waals surface area contributed by atoms with Crippen LogP contribution < -0.4 is 5.32 Å². The minimum atomic E-state index is 0.758. The van der Waals surface area contributed by atoms with Crippen molar-refractivity contribution in [2.24, 2.45) is 10.9 Å². The molecule has 0 bridgehead atoms. The van der Waals surface area contributed by atoms with Gasteiger partial charge >= 0.3 is 0 Å². The third-order valence-electron chi connectivity index (χ3n) is 2.94. The number of hydrogen-bond acceptors (Lipinski definition) is 2. The number of nitrogens with one attached hydrogen (secondary N) is 1. The topological polar surface area (TPSA) is 24.4 Å². The van der Waals surface area contributed by atoms with E-state index in [1.807, 2.05) is 0 Å². The molecule has 2 nitrogen and oxygen atoms in total. The van der Waals surface area contributed by atoms with Gasteiger partial charge in [-0.3, -0.25) is 4.99 Å². The molecule has 1 aliphatic heterocycles. The summed E-state index contributed by atoms with van der Waals surface area (Å²) in [4.78, 5) is 4.51. The van der Waals surface area contributed by atoms with E-state index in [1.54, 1.807) is 0 Å². The largest absolute Gasteiger partial charge is 0.371 e.